The van der Waals surface area contributed by atoms with Gasteiger partial charge in [-0.25, -0.2) is 9.59 Å². The molecule has 1 atom stereocenters. The van der Waals surface area contributed by atoms with Crippen molar-refractivity contribution in [1.29, 1.82) is 0 Å². The van der Waals surface area contributed by atoms with Gasteiger partial charge in [-0.15, -0.1) is 5.06 Å². The first-order valence-corrected chi connectivity index (χ1v) is 9.82. The van der Waals surface area contributed by atoms with Gasteiger partial charge in [-0.1, -0.05) is 30.3 Å². The Morgan fingerprint density at radius 2 is 1.68 bits per heavy atom. The van der Waals surface area contributed by atoms with E-state index in [1.54, 1.807) is 45.0 Å². The normalized spacial score (nSPS) is 14.7. The Hall–Kier alpha value is -3.43. The molecular weight excluding hydrogens is 408 g/mol. The third kappa shape index (κ3) is 8.07. The average Bonchev–Trinajstić information content (AvgIpc) is 3.00. The minimum Gasteiger partial charge on any atom is -0.461 e. The van der Waals surface area contributed by atoms with Crippen LogP contribution in [0.2, 0.25) is 0 Å². The van der Waals surface area contributed by atoms with Gasteiger partial charge in [0.2, 0.25) is 0 Å². The maximum absolute atomic E-state index is 12.5. The number of rotatable bonds is 8. The van der Waals surface area contributed by atoms with E-state index in [9.17, 15) is 24.0 Å². The number of ether oxygens (including phenoxy) is 2. The minimum absolute atomic E-state index is 0.0606. The molecule has 0 aliphatic carbocycles. The van der Waals surface area contributed by atoms with Crippen molar-refractivity contribution in [3.05, 3.63) is 35.9 Å². The standard InChI is InChI=1S/C21H26N2O8/c1-21(2,3)30-20(28)22-15(19(27)31-23-16(24)10-11-17(23)25)9-12-18(26)29-13-14-7-5-4-6-8-14/h4-8,15H,9-13H2,1-3H3,(H,22,28). The second-order valence-electron chi connectivity index (χ2n) is 7.88. The second kappa shape index (κ2) is 10.6. The Kier molecular flexibility index (Phi) is 8.12. The van der Waals surface area contributed by atoms with E-state index >= 15 is 0 Å². The Morgan fingerprint density at radius 1 is 1.06 bits per heavy atom. The number of hydrogen-bond donors (Lipinski definition) is 1. The van der Waals surface area contributed by atoms with E-state index in [1.807, 2.05) is 6.07 Å². The summed E-state index contributed by atoms with van der Waals surface area (Å²) in [7, 11) is 0. The molecule has 1 aliphatic rings. The van der Waals surface area contributed by atoms with E-state index in [2.05, 4.69) is 5.32 Å². The fraction of sp³-hybridized carbons (Fsp3) is 0.476. The number of esters is 1. The Morgan fingerprint density at radius 3 is 2.26 bits per heavy atom. The minimum atomic E-state index is -1.33. The van der Waals surface area contributed by atoms with Crippen molar-refractivity contribution in [3.8, 4) is 0 Å². The number of hydroxylamine groups is 2. The van der Waals surface area contributed by atoms with Crippen LogP contribution >= 0.6 is 0 Å². The molecule has 168 valence electrons. The number of carbonyl (C=O) groups excluding carboxylic acids is 5. The summed E-state index contributed by atoms with van der Waals surface area (Å²) in [6.07, 6.45) is -1.44. The Bertz CT molecular complexity index is 816. The summed E-state index contributed by atoms with van der Waals surface area (Å²) in [6.45, 7) is 4.98. The smallest absolute Gasteiger partial charge is 0.408 e. The SMILES string of the molecule is CC(C)(C)OC(=O)NC(CCC(=O)OCc1ccccc1)C(=O)ON1C(=O)CCC1=O. The molecule has 1 fully saturated rings. The summed E-state index contributed by atoms with van der Waals surface area (Å²) in [5.74, 6) is -2.97. The molecule has 31 heavy (non-hydrogen) atoms. The molecule has 0 bridgehead atoms. The van der Waals surface area contributed by atoms with Crippen LogP contribution in [0.15, 0.2) is 30.3 Å². The Labute approximate surface area is 179 Å². The molecular formula is C21H26N2O8. The zero-order valence-corrected chi connectivity index (χ0v) is 17.7. The van der Waals surface area contributed by atoms with Crippen LogP contribution in [0.25, 0.3) is 0 Å². The lowest BCUT2D eigenvalue weighted by Gasteiger charge is -2.23. The average molecular weight is 434 g/mol. The van der Waals surface area contributed by atoms with Crippen molar-refractivity contribution in [2.75, 3.05) is 0 Å². The molecule has 1 heterocycles. The molecule has 0 saturated carbocycles. The fourth-order valence-electron chi connectivity index (χ4n) is 2.58. The summed E-state index contributed by atoms with van der Waals surface area (Å²) >= 11 is 0. The van der Waals surface area contributed by atoms with Crippen molar-refractivity contribution in [2.45, 2.75) is 64.7 Å². The van der Waals surface area contributed by atoms with Crippen LogP contribution in [0.3, 0.4) is 0 Å². The van der Waals surface area contributed by atoms with Gasteiger partial charge in [-0.3, -0.25) is 14.4 Å². The fourth-order valence-corrected chi connectivity index (χ4v) is 2.58. The monoisotopic (exact) mass is 434 g/mol. The zero-order chi connectivity index (χ0) is 23.0. The van der Waals surface area contributed by atoms with Gasteiger partial charge in [0.15, 0.2) is 0 Å². The Balaban J connectivity index is 1.96. The van der Waals surface area contributed by atoms with Crippen LogP contribution in [0.5, 0.6) is 0 Å². The van der Waals surface area contributed by atoms with Crippen molar-refractivity contribution in [1.82, 2.24) is 10.4 Å². The molecule has 1 unspecified atom stereocenters. The van der Waals surface area contributed by atoms with Crippen LogP contribution in [-0.4, -0.2) is 46.6 Å². The first-order chi connectivity index (χ1) is 14.5. The number of amides is 3. The summed E-state index contributed by atoms with van der Waals surface area (Å²) in [5, 5.41) is 2.69. The van der Waals surface area contributed by atoms with Crippen molar-refractivity contribution in [2.24, 2.45) is 0 Å². The van der Waals surface area contributed by atoms with E-state index in [0.717, 1.165) is 5.56 Å². The van der Waals surface area contributed by atoms with Gasteiger partial charge in [-0.05, 0) is 32.8 Å². The summed E-state index contributed by atoms with van der Waals surface area (Å²) in [4.78, 5) is 64.9. The van der Waals surface area contributed by atoms with Crippen LogP contribution in [-0.2, 0) is 40.1 Å². The van der Waals surface area contributed by atoms with Gasteiger partial charge in [0.05, 0.1) is 0 Å². The molecule has 1 aliphatic heterocycles. The number of hydrogen-bond acceptors (Lipinski definition) is 8. The maximum atomic E-state index is 12.5. The summed E-state index contributed by atoms with van der Waals surface area (Å²) in [6, 6.07) is 7.70. The van der Waals surface area contributed by atoms with Gasteiger partial charge in [0.1, 0.15) is 18.2 Å². The van der Waals surface area contributed by atoms with Crippen molar-refractivity contribution < 1.29 is 38.3 Å². The molecule has 1 aromatic carbocycles. The highest BCUT2D eigenvalue weighted by Gasteiger charge is 2.36. The van der Waals surface area contributed by atoms with E-state index in [4.69, 9.17) is 14.3 Å². The molecule has 0 radical (unpaired) electrons. The number of imide groups is 1. The van der Waals surface area contributed by atoms with Gasteiger partial charge >= 0.3 is 18.0 Å². The molecule has 1 aromatic rings. The molecule has 0 spiro atoms. The quantitative estimate of drug-likeness (QED) is 0.486. The van der Waals surface area contributed by atoms with Crippen molar-refractivity contribution >= 4 is 29.8 Å². The maximum Gasteiger partial charge on any atom is 0.408 e. The largest absolute Gasteiger partial charge is 0.461 e. The van der Waals surface area contributed by atoms with E-state index in [1.165, 1.54) is 0 Å². The predicted octanol–water partition coefficient (Wildman–Crippen LogP) is 2.01. The van der Waals surface area contributed by atoms with Gasteiger partial charge in [0, 0.05) is 19.3 Å². The lowest BCUT2D eigenvalue weighted by molar-refractivity contribution is -0.199. The molecule has 10 heteroatoms. The lowest BCUT2D eigenvalue weighted by atomic mass is 10.1. The third-order valence-electron chi connectivity index (χ3n) is 4.04. The highest BCUT2D eigenvalue weighted by atomic mass is 16.7. The first-order valence-electron chi connectivity index (χ1n) is 9.82. The lowest BCUT2D eigenvalue weighted by Crippen LogP contribution is -2.47. The molecule has 0 aromatic heterocycles. The number of alkyl carbamates (subject to hydrolysis) is 1. The zero-order valence-electron chi connectivity index (χ0n) is 17.7. The number of nitrogens with one attached hydrogen (secondary N) is 1. The second-order valence-corrected chi connectivity index (χ2v) is 7.88. The molecule has 1 saturated heterocycles. The predicted molar refractivity (Wildman–Crippen MR) is 106 cm³/mol. The first kappa shape index (κ1) is 23.8. The number of carbonyl (C=O) groups is 5. The molecule has 2 rings (SSSR count). The van der Waals surface area contributed by atoms with E-state index < -0.39 is 41.5 Å². The van der Waals surface area contributed by atoms with E-state index in [-0.39, 0.29) is 32.3 Å². The highest BCUT2D eigenvalue weighted by Crippen LogP contribution is 2.15. The van der Waals surface area contributed by atoms with Crippen molar-refractivity contribution in [3.63, 3.8) is 0 Å². The van der Waals surface area contributed by atoms with E-state index in [0.29, 0.717) is 5.06 Å². The highest BCUT2D eigenvalue weighted by molar-refractivity contribution is 6.01. The molecule has 1 N–H and O–H groups in total. The van der Waals surface area contributed by atoms with Crippen LogP contribution < -0.4 is 5.32 Å². The van der Waals surface area contributed by atoms with Gasteiger partial charge < -0.3 is 19.6 Å². The van der Waals surface area contributed by atoms with Crippen LogP contribution in [0, 0.1) is 0 Å². The molecule has 10 nitrogen and oxygen atoms in total. The number of nitrogens with zero attached hydrogens (tertiary/aromatic N) is 1. The van der Waals surface area contributed by atoms with Gasteiger partial charge in [0.25, 0.3) is 11.8 Å². The summed E-state index contributed by atoms with van der Waals surface area (Å²) in [5.41, 5.74) is -0.0293. The molecule has 3 amide bonds. The number of benzene rings is 1. The summed E-state index contributed by atoms with van der Waals surface area (Å²) < 4.78 is 10.3. The third-order valence-corrected chi connectivity index (χ3v) is 4.04. The van der Waals surface area contributed by atoms with Crippen LogP contribution in [0.1, 0.15) is 52.0 Å². The topological polar surface area (TPSA) is 128 Å². The van der Waals surface area contributed by atoms with Crippen LogP contribution in [0.4, 0.5) is 4.79 Å². The van der Waals surface area contributed by atoms with Gasteiger partial charge in [-0.2, -0.15) is 0 Å².